The normalized spacial score (nSPS) is 17.1. The third-order valence-corrected chi connectivity index (χ3v) is 11.0. The largest absolute Gasteiger partial charge is 0.344 e. The molecule has 0 bridgehead atoms. The van der Waals surface area contributed by atoms with Gasteiger partial charge in [-0.05, 0) is 78.8 Å². The number of benzene rings is 4. The summed E-state index contributed by atoms with van der Waals surface area (Å²) in [6, 6.07) is 35.5. The lowest BCUT2D eigenvalue weighted by Crippen LogP contribution is -2.33. The molecular formula is C49H59N2+. The van der Waals surface area contributed by atoms with Gasteiger partial charge in [0.15, 0.2) is 5.71 Å². The van der Waals surface area contributed by atoms with Crippen molar-refractivity contribution in [1.29, 1.82) is 0 Å². The van der Waals surface area contributed by atoms with E-state index in [0.717, 1.165) is 13.1 Å². The third-order valence-electron chi connectivity index (χ3n) is 11.0. The molecule has 2 aliphatic heterocycles. The predicted octanol–water partition coefficient (Wildman–Crippen LogP) is 13.0. The lowest BCUT2D eigenvalue weighted by Gasteiger charge is -2.28. The molecule has 2 heterocycles. The van der Waals surface area contributed by atoms with Crippen LogP contribution in [0.1, 0.15) is 114 Å². The number of hydrogen-bond acceptors (Lipinski definition) is 1. The molecule has 0 aromatic heterocycles. The van der Waals surface area contributed by atoms with Crippen LogP contribution in [-0.2, 0) is 10.8 Å². The number of rotatable bonds is 13. The van der Waals surface area contributed by atoms with Crippen molar-refractivity contribution in [3.63, 3.8) is 0 Å². The van der Waals surface area contributed by atoms with E-state index in [0.29, 0.717) is 11.8 Å². The van der Waals surface area contributed by atoms with Crippen LogP contribution in [-0.4, -0.2) is 23.4 Å². The van der Waals surface area contributed by atoms with Crippen LogP contribution < -0.4 is 4.90 Å². The summed E-state index contributed by atoms with van der Waals surface area (Å²) < 4.78 is 2.67. The van der Waals surface area contributed by atoms with Crippen LogP contribution >= 0.6 is 0 Å². The zero-order chi connectivity index (χ0) is 36.2. The summed E-state index contributed by atoms with van der Waals surface area (Å²) in [6.07, 6.45) is 16.4. The Morgan fingerprint density at radius 1 is 0.588 bits per heavy atom. The molecule has 0 radical (unpaired) electrons. The van der Waals surface area contributed by atoms with E-state index in [-0.39, 0.29) is 10.8 Å². The van der Waals surface area contributed by atoms with Crippen LogP contribution in [0.15, 0.2) is 109 Å². The summed E-state index contributed by atoms with van der Waals surface area (Å²) in [7, 11) is 0. The Balaban J connectivity index is 1.45. The highest BCUT2D eigenvalue weighted by atomic mass is 15.2. The molecule has 264 valence electrons. The van der Waals surface area contributed by atoms with Gasteiger partial charge in [-0.2, -0.15) is 4.58 Å². The Bertz CT molecular complexity index is 1930. The topological polar surface area (TPSA) is 6.25 Å². The summed E-state index contributed by atoms with van der Waals surface area (Å²) in [6.45, 7) is 21.2. The minimum Gasteiger partial charge on any atom is -0.344 e. The quantitative estimate of drug-likeness (QED) is 0.101. The van der Waals surface area contributed by atoms with Crippen molar-refractivity contribution in [2.75, 3.05) is 18.0 Å². The monoisotopic (exact) mass is 675 g/mol. The Kier molecular flexibility index (Phi) is 11.0. The molecule has 0 saturated heterocycles. The third kappa shape index (κ3) is 8.06. The molecule has 4 aromatic rings. The first-order chi connectivity index (χ1) is 24.4. The molecule has 2 nitrogen and oxygen atoms in total. The Morgan fingerprint density at radius 2 is 1.12 bits per heavy atom. The van der Waals surface area contributed by atoms with Gasteiger partial charge in [0.05, 0.1) is 5.41 Å². The molecule has 0 atom stereocenters. The van der Waals surface area contributed by atoms with Crippen molar-refractivity contribution in [2.24, 2.45) is 11.8 Å². The number of anilines is 1. The van der Waals surface area contributed by atoms with E-state index in [1.807, 2.05) is 0 Å². The van der Waals surface area contributed by atoms with Crippen LogP contribution in [0.3, 0.4) is 0 Å². The standard InChI is InChI=1S/C49H59N2/c1-36(2)17-15-31-50-44-33-40(25-23-38-19-11-9-12-20-38)27-29-42(44)48(5,6)46(50)35-47-49(7,8)43-30-28-41(26-24-39-21-13-10-14-22-39)34-45(43)51(47)32-16-18-37(3)4/h9-14,19-30,33-37H,15-18,31-32H2,1-8H3/q+1/b25-23+,26-24+. The number of nitrogens with zero attached hydrogens (tertiary/aromatic N) is 2. The summed E-state index contributed by atoms with van der Waals surface area (Å²) in [5.74, 6) is 1.37. The zero-order valence-corrected chi connectivity index (χ0v) is 32.4. The van der Waals surface area contributed by atoms with E-state index in [1.165, 1.54) is 81.8 Å². The maximum atomic E-state index is 2.67. The van der Waals surface area contributed by atoms with E-state index in [2.05, 4.69) is 192 Å². The van der Waals surface area contributed by atoms with Crippen LogP contribution in [0.4, 0.5) is 11.4 Å². The Morgan fingerprint density at radius 3 is 1.71 bits per heavy atom. The van der Waals surface area contributed by atoms with E-state index in [4.69, 9.17) is 0 Å². The second-order valence-electron chi connectivity index (χ2n) is 16.6. The SMILES string of the molecule is CC(C)CCCN1/C(=C\C2=[N+](CCCC(C)C)c3cc(/C=C/c4ccccc4)ccc3C2(C)C)C(C)(C)c2ccc(/C=C/c3ccccc3)cc21. The summed E-state index contributed by atoms with van der Waals surface area (Å²) >= 11 is 0. The van der Waals surface area contributed by atoms with E-state index in [1.54, 1.807) is 0 Å². The minimum atomic E-state index is -0.125. The van der Waals surface area contributed by atoms with Gasteiger partial charge in [0.1, 0.15) is 6.54 Å². The first kappa shape index (κ1) is 36.4. The van der Waals surface area contributed by atoms with Crippen LogP contribution in [0.5, 0.6) is 0 Å². The van der Waals surface area contributed by atoms with Gasteiger partial charge in [-0.25, -0.2) is 0 Å². The molecule has 2 heteroatoms. The van der Waals surface area contributed by atoms with Gasteiger partial charge in [0, 0.05) is 47.5 Å². The highest BCUT2D eigenvalue weighted by Crippen LogP contribution is 2.50. The van der Waals surface area contributed by atoms with Gasteiger partial charge < -0.3 is 4.90 Å². The van der Waals surface area contributed by atoms with Gasteiger partial charge >= 0.3 is 0 Å². The highest BCUT2D eigenvalue weighted by molar-refractivity contribution is 6.04. The first-order valence-corrected chi connectivity index (χ1v) is 19.3. The molecule has 0 spiro atoms. The molecule has 0 N–H and O–H groups in total. The van der Waals surface area contributed by atoms with E-state index < -0.39 is 0 Å². The van der Waals surface area contributed by atoms with Crippen molar-refractivity contribution >= 4 is 41.4 Å². The lowest BCUT2D eigenvalue weighted by molar-refractivity contribution is -0.438. The van der Waals surface area contributed by atoms with Crippen LogP contribution in [0.2, 0.25) is 0 Å². The van der Waals surface area contributed by atoms with E-state index in [9.17, 15) is 0 Å². The predicted molar refractivity (Wildman–Crippen MR) is 223 cm³/mol. The van der Waals surface area contributed by atoms with Crippen molar-refractivity contribution in [1.82, 2.24) is 0 Å². The smallest absolute Gasteiger partial charge is 0.210 e. The maximum absolute atomic E-state index is 2.67. The van der Waals surface area contributed by atoms with Gasteiger partial charge in [0.2, 0.25) is 5.69 Å². The molecule has 0 saturated carbocycles. The molecule has 4 aromatic carbocycles. The fourth-order valence-electron chi connectivity index (χ4n) is 7.98. The second kappa shape index (κ2) is 15.4. The maximum Gasteiger partial charge on any atom is 0.210 e. The van der Waals surface area contributed by atoms with Gasteiger partial charge in [-0.3, -0.25) is 0 Å². The molecule has 6 rings (SSSR count). The summed E-state index contributed by atoms with van der Waals surface area (Å²) in [5.41, 5.74) is 13.1. The molecule has 0 fully saturated rings. The average Bonchev–Trinajstić information content (AvgIpc) is 3.45. The first-order valence-electron chi connectivity index (χ1n) is 19.3. The molecule has 2 aliphatic rings. The second-order valence-corrected chi connectivity index (χ2v) is 16.6. The van der Waals surface area contributed by atoms with Crippen LogP contribution in [0.25, 0.3) is 24.3 Å². The van der Waals surface area contributed by atoms with Crippen molar-refractivity contribution < 1.29 is 4.58 Å². The summed E-state index contributed by atoms with van der Waals surface area (Å²) in [5, 5.41) is 0. The highest BCUT2D eigenvalue weighted by Gasteiger charge is 2.47. The Hall–Kier alpha value is -4.43. The van der Waals surface area contributed by atoms with Gasteiger partial charge in [-0.1, -0.05) is 151 Å². The molecule has 51 heavy (non-hydrogen) atoms. The van der Waals surface area contributed by atoms with Gasteiger partial charge in [-0.15, -0.1) is 0 Å². The molecular weight excluding hydrogens is 617 g/mol. The lowest BCUT2D eigenvalue weighted by atomic mass is 9.78. The number of hydrogen-bond donors (Lipinski definition) is 0. The zero-order valence-electron chi connectivity index (χ0n) is 32.4. The summed E-state index contributed by atoms with van der Waals surface area (Å²) in [4.78, 5) is 2.67. The molecule has 0 amide bonds. The average molecular weight is 676 g/mol. The minimum absolute atomic E-state index is 0.125. The fourth-order valence-corrected chi connectivity index (χ4v) is 7.98. The Labute approximate surface area is 309 Å². The fraction of sp³-hybridized carbons (Fsp3) is 0.367. The van der Waals surface area contributed by atoms with Crippen molar-refractivity contribution in [3.8, 4) is 0 Å². The molecule has 0 unspecified atom stereocenters. The van der Waals surface area contributed by atoms with E-state index >= 15 is 0 Å². The van der Waals surface area contributed by atoms with Crippen LogP contribution in [0, 0.1) is 11.8 Å². The van der Waals surface area contributed by atoms with Crippen molar-refractivity contribution in [2.45, 2.75) is 91.9 Å². The van der Waals surface area contributed by atoms with Gasteiger partial charge in [0.25, 0.3) is 0 Å². The number of allylic oxidation sites excluding steroid dienone is 2. The molecule has 0 aliphatic carbocycles. The number of fused-ring (bicyclic) bond motifs is 2. The van der Waals surface area contributed by atoms with Crippen molar-refractivity contribution in [3.05, 3.63) is 142 Å².